The number of halogens is 2. The van der Waals surface area contributed by atoms with Crippen molar-refractivity contribution in [3.8, 4) is 11.5 Å². The van der Waals surface area contributed by atoms with E-state index >= 15 is 0 Å². The molecule has 2 aromatic rings. The minimum absolute atomic E-state index is 0.156. The van der Waals surface area contributed by atoms with Gasteiger partial charge in [-0.1, -0.05) is 47.1 Å². The molecular weight excluding hydrogens is 379 g/mol. The van der Waals surface area contributed by atoms with E-state index in [2.05, 4.69) is 0 Å². The van der Waals surface area contributed by atoms with E-state index in [9.17, 15) is 4.79 Å². The molecule has 0 saturated heterocycles. The Bertz CT molecular complexity index is 779. The smallest absolute Gasteiger partial charge is 0.185 e. The molecule has 3 rings (SSSR count). The van der Waals surface area contributed by atoms with Crippen LogP contribution in [0.3, 0.4) is 0 Å². The van der Waals surface area contributed by atoms with E-state index in [0.717, 1.165) is 29.2 Å². The number of fused-ring (bicyclic) bond motifs is 1. The lowest BCUT2D eigenvalue weighted by molar-refractivity contribution is -0.109. The van der Waals surface area contributed by atoms with Gasteiger partial charge in [-0.15, -0.1) is 0 Å². The molecule has 1 heterocycles. The zero-order valence-electron chi connectivity index (χ0n) is 13.8. The Morgan fingerprint density at radius 3 is 2.88 bits per heavy atom. The maximum Gasteiger partial charge on any atom is 0.185 e. The second kappa shape index (κ2) is 8.35. The van der Waals surface area contributed by atoms with E-state index in [0.29, 0.717) is 29.2 Å². The van der Waals surface area contributed by atoms with Crippen molar-refractivity contribution in [1.82, 2.24) is 0 Å². The maximum absolute atomic E-state index is 11.0. The highest BCUT2D eigenvalue weighted by atomic mass is 35.5. The Balaban J connectivity index is 1.61. The van der Waals surface area contributed by atoms with Crippen LogP contribution < -0.4 is 9.47 Å². The lowest BCUT2D eigenvalue weighted by Crippen LogP contribution is -2.02. The first-order valence-corrected chi connectivity index (χ1v) is 9.74. The lowest BCUT2D eigenvalue weighted by atomic mass is 9.99. The Kier molecular flexibility index (Phi) is 6.15. The average Bonchev–Trinajstić information content (AvgIpc) is 2.96. The van der Waals surface area contributed by atoms with Gasteiger partial charge in [0.1, 0.15) is 18.1 Å². The van der Waals surface area contributed by atoms with Crippen molar-refractivity contribution in [2.24, 2.45) is 0 Å². The van der Waals surface area contributed by atoms with E-state index in [4.69, 9.17) is 32.7 Å². The number of hydrogen-bond acceptors (Lipinski definition) is 4. The molecule has 2 aromatic carbocycles. The monoisotopic (exact) mass is 396 g/mol. The van der Waals surface area contributed by atoms with Crippen LogP contribution in [0.15, 0.2) is 36.4 Å². The Morgan fingerprint density at radius 1 is 1.28 bits per heavy atom. The summed E-state index contributed by atoms with van der Waals surface area (Å²) in [5, 5.41) is 1.35. The van der Waals surface area contributed by atoms with Gasteiger partial charge in [-0.3, -0.25) is 4.79 Å². The van der Waals surface area contributed by atoms with Crippen LogP contribution in [0.5, 0.6) is 11.5 Å². The van der Waals surface area contributed by atoms with Crippen molar-refractivity contribution in [2.75, 3.05) is 12.4 Å². The molecule has 3 nitrogen and oxygen atoms in total. The summed E-state index contributed by atoms with van der Waals surface area (Å²) < 4.78 is 11.6. The van der Waals surface area contributed by atoms with E-state index < -0.39 is 0 Å². The fourth-order valence-corrected chi connectivity index (χ4v) is 3.88. The molecule has 25 heavy (non-hydrogen) atoms. The molecule has 132 valence electrons. The first-order chi connectivity index (χ1) is 12.0. The number of ether oxygens (including phenoxy) is 2. The van der Waals surface area contributed by atoms with Gasteiger partial charge in [0.15, 0.2) is 5.12 Å². The second-order valence-electron chi connectivity index (χ2n) is 5.86. The summed E-state index contributed by atoms with van der Waals surface area (Å²) in [4.78, 5) is 11.0. The van der Waals surface area contributed by atoms with Crippen LogP contribution in [-0.4, -0.2) is 17.5 Å². The molecule has 1 atom stereocenters. The summed E-state index contributed by atoms with van der Waals surface area (Å²) in [5.41, 5.74) is 2.06. The summed E-state index contributed by atoms with van der Waals surface area (Å²) in [6, 6.07) is 11.3. The van der Waals surface area contributed by atoms with Gasteiger partial charge in [0.25, 0.3) is 0 Å². The zero-order valence-corrected chi connectivity index (χ0v) is 16.1. The van der Waals surface area contributed by atoms with Crippen molar-refractivity contribution in [3.05, 3.63) is 57.6 Å². The SMILES string of the molecule is CC(=O)SCC[C@@H]1COc2cc(OCc3ccc(Cl)cc3Cl)ccc21. The Hall–Kier alpha value is -1.36. The standard InChI is InChI=1S/C19H18Cl2O3S/c1-12(22)25-7-6-13-10-24-19-9-16(4-5-17(13)19)23-11-14-2-3-15(20)8-18(14)21/h2-5,8-9,13H,6-7,10-11H2,1H3/t13-/m1/s1. The predicted octanol–water partition coefficient (Wildman–Crippen LogP) is 5.72. The number of carbonyl (C=O) groups excluding carboxylic acids is 1. The van der Waals surface area contributed by atoms with Gasteiger partial charge in [-0.05, 0) is 24.6 Å². The molecule has 0 bridgehead atoms. The molecule has 0 N–H and O–H groups in total. The summed E-state index contributed by atoms with van der Waals surface area (Å²) in [6.07, 6.45) is 0.928. The number of rotatable bonds is 6. The molecule has 0 fully saturated rings. The van der Waals surface area contributed by atoms with Gasteiger partial charge < -0.3 is 9.47 Å². The number of hydrogen-bond donors (Lipinski definition) is 0. The molecule has 0 amide bonds. The molecule has 0 aliphatic carbocycles. The van der Waals surface area contributed by atoms with Crippen LogP contribution in [0.4, 0.5) is 0 Å². The Morgan fingerprint density at radius 2 is 2.12 bits per heavy atom. The topological polar surface area (TPSA) is 35.5 Å². The van der Waals surface area contributed by atoms with E-state index in [1.807, 2.05) is 24.3 Å². The van der Waals surface area contributed by atoms with Crippen molar-refractivity contribution in [2.45, 2.75) is 25.9 Å². The molecule has 6 heteroatoms. The first kappa shape index (κ1) is 18.4. The number of benzene rings is 2. The van der Waals surface area contributed by atoms with Crippen LogP contribution in [0.2, 0.25) is 10.0 Å². The van der Waals surface area contributed by atoms with Crippen LogP contribution in [-0.2, 0) is 11.4 Å². The average molecular weight is 397 g/mol. The fraction of sp³-hybridized carbons (Fsp3) is 0.316. The molecule has 0 aromatic heterocycles. The van der Waals surface area contributed by atoms with E-state index in [1.165, 1.54) is 17.3 Å². The highest BCUT2D eigenvalue weighted by Crippen LogP contribution is 2.39. The van der Waals surface area contributed by atoms with Crippen LogP contribution >= 0.6 is 35.0 Å². The number of carbonyl (C=O) groups is 1. The zero-order chi connectivity index (χ0) is 17.8. The second-order valence-corrected chi connectivity index (χ2v) is 7.98. The quantitative estimate of drug-likeness (QED) is 0.625. The normalized spacial score (nSPS) is 15.6. The summed E-state index contributed by atoms with van der Waals surface area (Å²) in [7, 11) is 0. The van der Waals surface area contributed by atoms with Crippen molar-refractivity contribution in [3.63, 3.8) is 0 Å². The largest absolute Gasteiger partial charge is 0.493 e. The van der Waals surface area contributed by atoms with Gasteiger partial charge >= 0.3 is 0 Å². The molecule has 1 aliphatic rings. The third-order valence-electron chi connectivity index (χ3n) is 4.05. The summed E-state index contributed by atoms with van der Waals surface area (Å²) >= 11 is 13.4. The van der Waals surface area contributed by atoms with E-state index in [-0.39, 0.29) is 5.12 Å². The van der Waals surface area contributed by atoms with Gasteiger partial charge in [0.05, 0.1) is 6.61 Å². The van der Waals surface area contributed by atoms with Gasteiger partial charge in [0, 0.05) is 45.8 Å². The molecule has 0 unspecified atom stereocenters. The first-order valence-electron chi connectivity index (χ1n) is 8.00. The summed E-state index contributed by atoms with van der Waals surface area (Å²) in [6.45, 7) is 2.62. The number of thioether (sulfide) groups is 1. The highest BCUT2D eigenvalue weighted by Gasteiger charge is 2.24. The lowest BCUT2D eigenvalue weighted by Gasteiger charge is -2.10. The van der Waals surface area contributed by atoms with E-state index in [1.54, 1.807) is 19.1 Å². The molecule has 0 spiro atoms. The van der Waals surface area contributed by atoms with Gasteiger partial charge in [0.2, 0.25) is 0 Å². The van der Waals surface area contributed by atoms with Crippen LogP contribution in [0.1, 0.15) is 30.4 Å². The molecule has 1 aliphatic heterocycles. The minimum Gasteiger partial charge on any atom is -0.493 e. The third kappa shape index (κ3) is 4.84. The highest BCUT2D eigenvalue weighted by molar-refractivity contribution is 8.13. The minimum atomic E-state index is 0.156. The van der Waals surface area contributed by atoms with Crippen molar-refractivity contribution < 1.29 is 14.3 Å². The third-order valence-corrected chi connectivity index (χ3v) is 5.48. The van der Waals surface area contributed by atoms with Crippen LogP contribution in [0, 0.1) is 0 Å². The maximum atomic E-state index is 11.0. The van der Waals surface area contributed by atoms with Crippen LogP contribution in [0.25, 0.3) is 0 Å². The molecular formula is C19H18Cl2O3S. The summed E-state index contributed by atoms with van der Waals surface area (Å²) in [5.74, 6) is 2.75. The van der Waals surface area contributed by atoms with Gasteiger partial charge in [-0.25, -0.2) is 0 Å². The van der Waals surface area contributed by atoms with Crippen molar-refractivity contribution in [1.29, 1.82) is 0 Å². The molecule has 0 radical (unpaired) electrons. The predicted molar refractivity (Wildman–Crippen MR) is 103 cm³/mol. The Labute approximate surface area is 161 Å². The molecule has 0 saturated carbocycles. The van der Waals surface area contributed by atoms with Gasteiger partial charge in [-0.2, -0.15) is 0 Å². The fourth-order valence-electron chi connectivity index (χ4n) is 2.73. The van der Waals surface area contributed by atoms with Crippen molar-refractivity contribution >= 4 is 40.1 Å².